The second-order valence-corrected chi connectivity index (χ2v) is 8.70. The molecule has 8 nitrogen and oxygen atoms in total. The van der Waals surface area contributed by atoms with Gasteiger partial charge < -0.3 is 19.4 Å². The molecule has 0 fully saturated rings. The number of carbonyl (C=O) groups is 1. The normalized spacial score (nSPS) is 10.8. The van der Waals surface area contributed by atoms with Crippen LogP contribution in [-0.4, -0.2) is 46.6 Å². The maximum absolute atomic E-state index is 12.7. The lowest BCUT2D eigenvalue weighted by molar-refractivity contribution is -0.113. The highest BCUT2D eigenvalue weighted by Gasteiger charge is 2.17. The van der Waals surface area contributed by atoms with Crippen LogP contribution in [-0.2, 0) is 11.3 Å². The summed E-state index contributed by atoms with van der Waals surface area (Å²) in [5.74, 6) is 2.27. The molecule has 0 radical (unpaired) electrons. The number of anilines is 2. The molecule has 182 valence electrons. The number of ether oxygens (including phenoxy) is 1. The summed E-state index contributed by atoms with van der Waals surface area (Å²) in [5.41, 5.74) is 2.77. The summed E-state index contributed by atoms with van der Waals surface area (Å²) in [5, 5.41) is 12.4. The maximum atomic E-state index is 12.7. The number of furan rings is 1. The summed E-state index contributed by atoms with van der Waals surface area (Å²) in [4.78, 5) is 14.9. The number of amides is 1. The van der Waals surface area contributed by atoms with Crippen LogP contribution in [0, 0.1) is 0 Å². The Morgan fingerprint density at radius 2 is 1.89 bits per heavy atom. The summed E-state index contributed by atoms with van der Waals surface area (Å²) in [7, 11) is 1.63. The van der Waals surface area contributed by atoms with Crippen molar-refractivity contribution in [3.63, 3.8) is 0 Å². The second-order valence-electron chi connectivity index (χ2n) is 7.76. The number of thioether (sulfide) groups is 1. The minimum Gasteiger partial charge on any atom is -0.497 e. The Morgan fingerprint density at radius 3 is 2.57 bits per heavy atom. The Labute approximate surface area is 209 Å². The Balaban J connectivity index is 1.47. The van der Waals surface area contributed by atoms with Crippen molar-refractivity contribution in [2.45, 2.75) is 25.5 Å². The van der Waals surface area contributed by atoms with Crippen LogP contribution >= 0.6 is 11.8 Å². The van der Waals surface area contributed by atoms with Crippen LogP contribution in [0.5, 0.6) is 5.75 Å². The van der Waals surface area contributed by atoms with Crippen LogP contribution < -0.4 is 15.0 Å². The van der Waals surface area contributed by atoms with Crippen molar-refractivity contribution in [2.24, 2.45) is 0 Å². The van der Waals surface area contributed by atoms with E-state index in [9.17, 15) is 4.79 Å². The zero-order valence-corrected chi connectivity index (χ0v) is 20.9. The van der Waals surface area contributed by atoms with E-state index in [0.29, 0.717) is 17.5 Å². The minimum absolute atomic E-state index is 0.110. The number of methoxy groups -OCH3 is 1. The Hall–Kier alpha value is -3.72. The topological polar surface area (TPSA) is 85.4 Å². The van der Waals surface area contributed by atoms with Gasteiger partial charge in [0.1, 0.15) is 11.5 Å². The molecule has 2 aromatic heterocycles. The SMILES string of the molecule is CCN(CC)c1ccc(NC(=O)CSc2nnc(-c3cccc(OC)c3)n2Cc2ccco2)cc1. The predicted molar refractivity (Wildman–Crippen MR) is 139 cm³/mol. The molecule has 9 heteroatoms. The van der Waals surface area contributed by atoms with Crippen LogP contribution in [0.1, 0.15) is 19.6 Å². The lowest BCUT2D eigenvalue weighted by Gasteiger charge is -2.21. The Morgan fingerprint density at radius 1 is 1.09 bits per heavy atom. The number of rotatable bonds is 11. The molecule has 4 aromatic rings. The molecule has 0 saturated carbocycles. The van der Waals surface area contributed by atoms with E-state index in [2.05, 4.69) is 34.3 Å². The number of hydrogen-bond acceptors (Lipinski definition) is 7. The first kappa shape index (κ1) is 24.4. The third-order valence-electron chi connectivity index (χ3n) is 5.55. The van der Waals surface area contributed by atoms with Crippen molar-refractivity contribution in [1.29, 1.82) is 0 Å². The van der Waals surface area contributed by atoms with E-state index in [4.69, 9.17) is 9.15 Å². The van der Waals surface area contributed by atoms with E-state index in [1.54, 1.807) is 13.4 Å². The van der Waals surface area contributed by atoms with Gasteiger partial charge in [0.2, 0.25) is 5.91 Å². The average Bonchev–Trinajstić information content (AvgIpc) is 3.55. The fraction of sp³-hybridized carbons (Fsp3) is 0.269. The van der Waals surface area contributed by atoms with Crippen molar-refractivity contribution in [3.8, 4) is 17.1 Å². The van der Waals surface area contributed by atoms with Crippen molar-refractivity contribution in [2.75, 3.05) is 36.2 Å². The Bertz CT molecular complexity index is 1230. The number of benzene rings is 2. The molecule has 1 N–H and O–H groups in total. The molecule has 0 saturated heterocycles. The first-order chi connectivity index (χ1) is 17.1. The summed E-state index contributed by atoms with van der Waals surface area (Å²) in [6.07, 6.45) is 1.64. The fourth-order valence-corrected chi connectivity index (χ4v) is 4.48. The van der Waals surface area contributed by atoms with E-state index in [1.165, 1.54) is 11.8 Å². The van der Waals surface area contributed by atoms with Gasteiger partial charge >= 0.3 is 0 Å². The number of carbonyl (C=O) groups excluding carboxylic acids is 1. The van der Waals surface area contributed by atoms with Gasteiger partial charge in [-0.1, -0.05) is 23.9 Å². The first-order valence-corrected chi connectivity index (χ1v) is 12.5. The molecule has 0 aliphatic rings. The van der Waals surface area contributed by atoms with Gasteiger partial charge in [0.05, 0.1) is 25.7 Å². The lowest BCUT2D eigenvalue weighted by atomic mass is 10.2. The van der Waals surface area contributed by atoms with E-state index in [-0.39, 0.29) is 11.7 Å². The van der Waals surface area contributed by atoms with E-state index < -0.39 is 0 Å². The van der Waals surface area contributed by atoms with E-state index >= 15 is 0 Å². The first-order valence-electron chi connectivity index (χ1n) is 11.5. The number of aromatic nitrogens is 3. The summed E-state index contributed by atoms with van der Waals surface area (Å²) >= 11 is 1.33. The van der Waals surface area contributed by atoms with Crippen LogP contribution in [0.25, 0.3) is 11.4 Å². The third kappa shape index (κ3) is 6.05. The van der Waals surface area contributed by atoms with Crippen LogP contribution in [0.2, 0.25) is 0 Å². The molecule has 2 heterocycles. The quantitative estimate of drug-likeness (QED) is 0.290. The van der Waals surface area contributed by atoms with Gasteiger partial charge in [-0.15, -0.1) is 10.2 Å². The van der Waals surface area contributed by atoms with Gasteiger partial charge in [-0.2, -0.15) is 0 Å². The van der Waals surface area contributed by atoms with Gasteiger partial charge in [-0.3, -0.25) is 9.36 Å². The highest BCUT2D eigenvalue weighted by Crippen LogP contribution is 2.28. The molecular weight excluding hydrogens is 462 g/mol. The second kappa shape index (κ2) is 11.6. The zero-order valence-electron chi connectivity index (χ0n) is 20.1. The van der Waals surface area contributed by atoms with E-state index in [0.717, 1.165) is 41.5 Å². The van der Waals surface area contributed by atoms with Crippen molar-refractivity contribution in [3.05, 3.63) is 72.7 Å². The monoisotopic (exact) mass is 491 g/mol. The van der Waals surface area contributed by atoms with Crippen molar-refractivity contribution >= 4 is 29.0 Å². The lowest BCUT2D eigenvalue weighted by Crippen LogP contribution is -2.21. The van der Waals surface area contributed by atoms with Gasteiger partial charge in [0.25, 0.3) is 0 Å². The smallest absolute Gasteiger partial charge is 0.234 e. The molecule has 0 aliphatic heterocycles. The molecule has 0 atom stereocenters. The van der Waals surface area contributed by atoms with Crippen LogP contribution in [0.15, 0.2) is 76.5 Å². The largest absolute Gasteiger partial charge is 0.497 e. The molecule has 2 aromatic carbocycles. The highest BCUT2D eigenvalue weighted by molar-refractivity contribution is 7.99. The van der Waals surface area contributed by atoms with Gasteiger partial charge in [-0.25, -0.2) is 0 Å². The summed E-state index contributed by atoms with van der Waals surface area (Å²) in [6, 6.07) is 19.3. The van der Waals surface area contributed by atoms with Crippen LogP contribution in [0.4, 0.5) is 11.4 Å². The maximum Gasteiger partial charge on any atom is 0.234 e. The minimum atomic E-state index is -0.110. The molecule has 0 unspecified atom stereocenters. The molecule has 0 spiro atoms. The van der Waals surface area contributed by atoms with Gasteiger partial charge in [-0.05, 0) is 62.4 Å². The summed E-state index contributed by atoms with van der Waals surface area (Å²) in [6.45, 7) is 6.58. The highest BCUT2D eigenvalue weighted by atomic mass is 32.2. The Kier molecular flexibility index (Phi) is 8.10. The van der Waals surface area contributed by atoms with Gasteiger partial charge in [0.15, 0.2) is 11.0 Å². The third-order valence-corrected chi connectivity index (χ3v) is 6.52. The molecule has 1 amide bonds. The van der Waals surface area contributed by atoms with Crippen LogP contribution in [0.3, 0.4) is 0 Å². The molecule has 0 bridgehead atoms. The zero-order chi connectivity index (χ0) is 24.6. The molecule has 4 rings (SSSR count). The number of hydrogen-bond donors (Lipinski definition) is 1. The number of nitrogens with zero attached hydrogens (tertiary/aromatic N) is 4. The summed E-state index contributed by atoms with van der Waals surface area (Å²) < 4.78 is 12.9. The standard InChI is InChI=1S/C26H29N5O3S/c1-4-30(5-2)21-13-11-20(12-14-21)27-24(32)18-35-26-29-28-25(19-8-6-9-22(16-19)33-3)31(26)17-23-10-7-15-34-23/h6-16H,4-5,17-18H2,1-3H3,(H,27,32). The average molecular weight is 492 g/mol. The van der Waals surface area contributed by atoms with E-state index in [1.807, 2.05) is 65.2 Å². The predicted octanol–water partition coefficient (Wildman–Crippen LogP) is 5.17. The molecule has 0 aliphatic carbocycles. The fourth-order valence-electron chi connectivity index (χ4n) is 3.74. The van der Waals surface area contributed by atoms with Crippen molar-refractivity contribution < 1.29 is 13.9 Å². The van der Waals surface area contributed by atoms with Gasteiger partial charge in [0, 0.05) is 30.0 Å². The molecule has 35 heavy (non-hydrogen) atoms. The molecular formula is C26H29N5O3S. The van der Waals surface area contributed by atoms with Crippen molar-refractivity contribution in [1.82, 2.24) is 14.8 Å². The number of nitrogens with one attached hydrogen (secondary N) is 1.